The lowest BCUT2D eigenvalue weighted by Gasteiger charge is -2.15. The first kappa shape index (κ1) is 13.9. The molecule has 0 aliphatic heterocycles. The lowest BCUT2D eigenvalue weighted by Crippen LogP contribution is -2.39. The molecular weight excluding hydrogens is 295 g/mol. The van der Waals surface area contributed by atoms with E-state index in [1.165, 1.54) is 0 Å². The van der Waals surface area contributed by atoms with Crippen LogP contribution in [0.2, 0.25) is 15.1 Å². The molecule has 1 aromatic rings. The third-order valence-electron chi connectivity index (χ3n) is 2.71. The molecule has 98 valence electrons. The summed E-state index contributed by atoms with van der Waals surface area (Å²) in [7, 11) is 0. The minimum absolute atomic E-state index is 0.159. The van der Waals surface area contributed by atoms with Crippen molar-refractivity contribution in [2.45, 2.75) is 31.8 Å². The van der Waals surface area contributed by atoms with Gasteiger partial charge in [0, 0.05) is 11.1 Å². The van der Waals surface area contributed by atoms with Crippen LogP contribution in [0.15, 0.2) is 12.1 Å². The molecule has 0 aromatic heterocycles. The monoisotopic (exact) mass is 306 g/mol. The summed E-state index contributed by atoms with van der Waals surface area (Å²) in [4.78, 5) is 11.9. The largest absolute Gasteiger partial charge is 0.322 e. The van der Waals surface area contributed by atoms with Gasteiger partial charge in [0.05, 0.1) is 21.8 Å². The molecule has 2 rings (SSSR count). The molecule has 1 saturated carbocycles. The van der Waals surface area contributed by atoms with Crippen molar-refractivity contribution in [2.75, 3.05) is 5.32 Å². The van der Waals surface area contributed by atoms with Crippen molar-refractivity contribution in [3.63, 3.8) is 0 Å². The van der Waals surface area contributed by atoms with Crippen molar-refractivity contribution in [2.24, 2.45) is 0 Å². The van der Waals surface area contributed by atoms with Gasteiger partial charge in [0.25, 0.3) is 0 Å². The Morgan fingerprint density at radius 3 is 2.33 bits per heavy atom. The molecule has 1 aliphatic carbocycles. The number of nitrogens with one attached hydrogen (secondary N) is 2. The molecular formula is C12H13Cl3N2O. The van der Waals surface area contributed by atoms with E-state index >= 15 is 0 Å². The Kier molecular flexibility index (Phi) is 4.38. The number of carbonyl (C=O) groups excluding carboxylic acids is 1. The van der Waals surface area contributed by atoms with Crippen LogP contribution in [0.5, 0.6) is 0 Å². The molecule has 1 amide bonds. The topological polar surface area (TPSA) is 41.1 Å². The van der Waals surface area contributed by atoms with Gasteiger partial charge in [0.1, 0.15) is 0 Å². The van der Waals surface area contributed by atoms with Crippen LogP contribution < -0.4 is 10.6 Å². The second-order valence-corrected chi connectivity index (χ2v) is 5.65. The molecule has 18 heavy (non-hydrogen) atoms. The predicted octanol–water partition coefficient (Wildman–Crippen LogP) is 3.73. The summed E-state index contributed by atoms with van der Waals surface area (Å²) in [5.74, 6) is -0.159. The van der Waals surface area contributed by atoms with Crippen molar-refractivity contribution in [3.05, 3.63) is 27.2 Å². The standard InChI is InChI=1S/C12H13Cl3N2O/c1-6(16-8-2-3-8)12(18)17-11-9(14)4-7(13)5-10(11)15/h4-6,8,16H,2-3H2,1H3,(H,17,18)/t6-/m1/s1. The average Bonchev–Trinajstić information content (AvgIpc) is 3.06. The maximum Gasteiger partial charge on any atom is 0.241 e. The van der Waals surface area contributed by atoms with Crippen molar-refractivity contribution < 1.29 is 4.79 Å². The third kappa shape index (κ3) is 3.51. The second kappa shape index (κ2) is 5.66. The van der Waals surface area contributed by atoms with Crippen molar-refractivity contribution in [1.82, 2.24) is 5.32 Å². The van der Waals surface area contributed by atoms with Crippen LogP contribution in [0.1, 0.15) is 19.8 Å². The first-order valence-corrected chi connectivity index (χ1v) is 6.82. The van der Waals surface area contributed by atoms with Crippen LogP contribution in [-0.2, 0) is 4.79 Å². The zero-order chi connectivity index (χ0) is 13.3. The molecule has 0 spiro atoms. The van der Waals surface area contributed by atoms with E-state index < -0.39 is 0 Å². The third-order valence-corrected chi connectivity index (χ3v) is 3.53. The van der Waals surface area contributed by atoms with Gasteiger partial charge in [-0.3, -0.25) is 4.79 Å². The summed E-state index contributed by atoms with van der Waals surface area (Å²) in [5, 5.41) is 7.02. The fourth-order valence-electron chi connectivity index (χ4n) is 1.57. The van der Waals surface area contributed by atoms with Crippen molar-refractivity contribution in [3.8, 4) is 0 Å². The highest BCUT2D eigenvalue weighted by molar-refractivity contribution is 6.42. The van der Waals surface area contributed by atoms with Gasteiger partial charge in [-0.15, -0.1) is 0 Å². The normalized spacial score (nSPS) is 16.4. The quantitative estimate of drug-likeness (QED) is 0.890. The molecule has 2 N–H and O–H groups in total. The maximum atomic E-state index is 11.9. The van der Waals surface area contributed by atoms with Crippen LogP contribution in [0.4, 0.5) is 5.69 Å². The van der Waals surface area contributed by atoms with Gasteiger partial charge in [-0.25, -0.2) is 0 Å². The Balaban J connectivity index is 2.06. The smallest absolute Gasteiger partial charge is 0.241 e. The molecule has 1 aliphatic rings. The second-order valence-electron chi connectivity index (χ2n) is 4.40. The highest BCUT2D eigenvalue weighted by Gasteiger charge is 2.26. The highest BCUT2D eigenvalue weighted by Crippen LogP contribution is 2.33. The summed E-state index contributed by atoms with van der Waals surface area (Å²) < 4.78 is 0. The molecule has 0 saturated heterocycles. The van der Waals surface area contributed by atoms with E-state index in [-0.39, 0.29) is 11.9 Å². The number of amides is 1. The van der Waals surface area contributed by atoms with Gasteiger partial charge in [0.15, 0.2) is 0 Å². The fraction of sp³-hybridized carbons (Fsp3) is 0.417. The van der Waals surface area contributed by atoms with Crippen molar-refractivity contribution >= 4 is 46.4 Å². The maximum absolute atomic E-state index is 11.9. The number of halogens is 3. The molecule has 3 nitrogen and oxygen atoms in total. The number of carbonyl (C=O) groups is 1. The van der Waals surface area contributed by atoms with Crippen LogP contribution in [-0.4, -0.2) is 18.0 Å². The summed E-state index contributed by atoms with van der Waals surface area (Å²) in [6.07, 6.45) is 2.25. The van der Waals surface area contributed by atoms with Gasteiger partial charge in [0.2, 0.25) is 5.91 Å². The van der Waals surface area contributed by atoms with E-state index in [0.717, 1.165) is 12.8 Å². The molecule has 0 unspecified atom stereocenters. The van der Waals surface area contributed by atoms with Gasteiger partial charge in [-0.2, -0.15) is 0 Å². The van der Waals surface area contributed by atoms with E-state index in [9.17, 15) is 4.79 Å². The van der Waals surface area contributed by atoms with E-state index in [0.29, 0.717) is 26.8 Å². The first-order valence-electron chi connectivity index (χ1n) is 5.69. The Morgan fingerprint density at radius 2 is 1.83 bits per heavy atom. The number of hydrogen-bond donors (Lipinski definition) is 2. The summed E-state index contributed by atoms with van der Waals surface area (Å²) in [6.45, 7) is 1.81. The number of rotatable bonds is 4. The first-order chi connectivity index (χ1) is 8.47. The minimum Gasteiger partial charge on any atom is -0.322 e. The number of anilines is 1. The Hall–Kier alpha value is -0.480. The predicted molar refractivity (Wildman–Crippen MR) is 75.7 cm³/mol. The summed E-state index contributed by atoms with van der Waals surface area (Å²) in [5.41, 5.74) is 0.400. The number of benzene rings is 1. The van der Waals surface area contributed by atoms with Crippen LogP contribution in [0.3, 0.4) is 0 Å². The van der Waals surface area contributed by atoms with Gasteiger partial charge < -0.3 is 10.6 Å². The van der Waals surface area contributed by atoms with E-state index in [1.54, 1.807) is 12.1 Å². The lowest BCUT2D eigenvalue weighted by atomic mass is 10.2. The van der Waals surface area contributed by atoms with Crippen molar-refractivity contribution in [1.29, 1.82) is 0 Å². The Labute approximate surface area is 121 Å². The summed E-state index contributed by atoms with van der Waals surface area (Å²) in [6, 6.07) is 3.27. The molecule has 0 bridgehead atoms. The molecule has 1 aromatic carbocycles. The van der Waals surface area contributed by atoms with Gasteiger partial charge >= 0.3 is 0 Å². The van der Waals surface area contributed by atoms with E-state index in [1.807, 2.05) is 6.92 Å². The SMILES string of the molecule is C[C@@H](NC1CC1)C(=O)Nc1c(Cl)cc(Cl)cc1Cl. The molecule has 0 heterocycles. The molecule has 6 heteroatoms. The zero-order valence-corrected chi connectivity index (χ0v) is 12.0. The minimum atomic E-state index is -0.277. The van der Waals surface area contributed by atoms with Crippen LogP contribution in [0.25, 0.3) is 0 Å². The zero-order valence-electron chi connectivity index (χ0n) is 9.77. The Morgan fingerprint density at radius 1 is 1.28 bits per heavy atom. The lowest BCUT2D eigenvalue weighted by molar-refractivity contribution is -0.117. The fourth-order valence-corrected chi connectivity index (χ4v) is 2.48. The highest BCUT2D eigenvalue weighted by atomic mass is 35.5. The van der Waals surface area contributed by atoms with Gasteiger partial charge in [-0.05, 0) is 31.9 Å². The molecule has 1 fully saturated rings. The molecule has 1 atom stereocenters. The van der Waals surface area contributed by atoms with Crippen LogP contribution >= 0.6 is 34.8 Å². The van der Waals surface area contributed by atoms with Crippen LogP contribution in [0, 0.1) is 0 Å². The summed E-state index contributed by atoms with van der Waals surface area (Å²) >= 11 is 17.8. The average molecular weight is 308 g/mol. The number of hydrogen-bond acceptors (Lipinski definition) is 2. The van der Waals surface area contributed by atoms with E-state index in [4.69, 9.17) is 34.8 Å². The molecule has 0 radical (unpaired) electrons. The van der Waals surface area contributed by atoms with E-state index in [2.05, 4.69) is 10.6 Å². The Bertz CT molecular complexity index is 451. The van der Waals surface area contributed by atoms with Gasteiger partial charge in [-0.1, -0.05) is 34.8 Å².